The van der Waals surface area contributed by atoms with Gasteiger partial charge in [-0.2, -0.15) is 0 Å². The highest BCUT2D eigenvalue weighted by Crippen LogP contribution is 2.36. The normalized spacial score (nSPS) is 12.0. The van der Waals surface area contributed by atoms with Crippen LogP contribution in [0.15, 0.2) is 79.0 Å². The fourth-order valence-electron chi connectivity index (χ4n) is 4.52. The van der Waals surface area contributed by atoms with Crippen molar-refractivity contribution in [1.29, 1.82) is 0 Å². The van der Waals surface area contributed by atoms with Gasteiger partial charge in [-0.05, 0) is 53.9 Å². The lowest BCUT2D eigenvalue weighted by Gasteiger charge is -2.29. The molecule has 1 aromatic heterocycles. The molecule has 1 heterocycles. The van der Waals surface area contributed by atoms with Crippen LogP contribution in [0.5, 0.6) is 11.5 Å². The maximum atomic E-state index is 14.4. The van der Waals surface area contributed by atoms with E-state index in [1.807, 2.05) is 0 Å². The van der Waals surface area contributed by atoms with Crippen LogP contribution in [0.1, 0.15) is 35.2 Å². The summed E-state index contributed by atoms with van der Waals surface area (Å²) in [6.45, 7) is 2.19. The number of nitrogens with zero attached hydrogens (tertiary/aromatic N) is 2. The van der Waals surface area contributed by atoms with E-state index in [0.717, 1.165) is 11.3 Å². The van der Waals surface area contributed by atoms with Crippen molar-refractivity contribution in [3.8, 4) is 11.5 Å². The molecule has 4 aromatic rings. The van der Waals surface area contributed by atoms with Gasteiger partial charge in [0.15, 0.2) is 17.3 Å². The van der Waals surface area contributed by atoms with Crippen molar-refractivity contribution < 1.29 is 31.9 Å². The summed E-state index contributed by atoms with van der Waals surface area (Å²) < 4.78 is 64.8. The molecule has 0 aliphatic rings. The summed E-state index contributed by atoms with van der Waals surface area (Å²) in [5.74, 6) is -0.400. The molecule has 0 bridgehead atoms. The van der Waals surface area contributed by atoms with Gasteiger partial charge in [0, 0.05) is 31.0 Å². The van der Waals surface area contributed by atoms with Gasteiger partial charge < -0.3 is 14.8 Å². The van der Waals surface area contributed by atoms with Crippen molar-refractivity contribution in [2.45, 2.75) is 25.9 Å². The summed E-state index contributed by atoms with van der Waals surface area (Å²) in [5.41, 5.74) is 2.17. The Bertz CT molecular complexity index is 1630. The number of ether oxygens (including phenoxy) is 2. The molecule has 0 unspecified atom stereocenters. The zero-order chi connectivity index (χ0) is 30.3. The number of methoxy groups -OCH3 is 1. The highest BCUT2D eigenvalue weighted by molar-refractivity contribution is 7.90. The molecule has 2 N–H and O–H groups in total. The Hall–Kier alpha value is -4.22. The quantitative estimate of drug-likeness (QED) is 0.182. The molecule has 0 saturated heterocycles. The molecule has 0 radical (unpaired) electrons. The van der Waals surface area contributed by atoms with E-state index in [1.54, 1.807) is 67.6 Å². The summed E-state index contributed by atoms with van der Waals surface area (Å²) in [5, 5.41) is 15.5. The van der Waals surface area contributed by atoms with E-state index in [0.29, 0.717) is 46.0 Å². The van der Waals surface area contributed by atoms with Crippen LogP contribution in [-0.4, -0.2) is 44.3 Å². The third-order valence-corrected chi connectivity index (χ3v) is 7.47. The van der Waals surface area contributed by atoms with Gasteiger partial charge in [0.05, 0.1) is 31.2 Å². The Labute approximate surface area is 244 Å². The molecule has 3 aromatic carbocycles. The molecule has 4 rings (SSSR count). The number of hydroxylamine groups is 1. The van der Waals surface area contributed by atoms with Crippen LogP contribution in [0.4, 0.5) is 20.3 Å². The topological polar surface area (TPSA) is 101 Å². The molecule has 222 valence electrons. The van der Waals surface area contributed by atoms with Crippen LogP contribution in [0, 0.1) is 11.6 Å². The molecule has 0 saturated carbocycles. The van der Waals surface area contributed by atoms with E-state index in [9.17, 15) is 22.4 Å². The number of hydrogen-bond donors (Lipinski definition) is 2. The summed E-state index contributed by atoms with van der Waals surface area (Å²) in [6.07, 6.45) is 2.77. The van der Waals surface area contributed by atoms with E-state index in [2.05, 4.69) is 10.3 Å². The van der Waals surface area contributed by atoms with Crippen molar-refractivity contribution in [2.24, 2.45) is 0 Å². The first kappa shape index (κ1) is 30.7. The van der Waals surface area contributed by atoms with E-state index < -0.39 is 27.4 Å². The highest BCUT2D eigenvalue weighted by Gasteiger charge is 2.28. The molecule has 0 amide bonds. The average Bonchev–Trinajstić information content (AvgIpc) is 2.96. The van der Waals surface area contributed by atoms with Crippen molar-refractivity contribution in [3.63, 3.8) is 0 Å². The van der Waals surface area contributed by atoms with Crippen LogP contribution in [0.2, 0.25) is 0 Å². The van der Waals surface area contributed by atoms with E-state index in [-0.39, 0.29) is 24.6 Å². The molecule has 1 atom stereocenters. The SMILES string of the molecule is CCOc1cc([C@@H](CS(C)(=O)=O)N(O)c2ncc(Cc3ccccc3F)cc2NCc2ccccc2F)ccc1OC. The maximum absolute atomic E-state index is 14.4. The van der Waals surface area contributed by atoms with Crippen LogP contribution >= 0.6 is 0 Å². The van der Waals surface area contributed by atoms with Gasteiger partial charge in [-0.3, -0.25) is 5.21 Å². The number of rotatable bonds is 13. The van der Waals surface area contributed by atoms with Gasteiger partial charge in [-0.25, -0.2) is 27.2 Å². The summed E-state index contributed by atoms with van der Waals surface area (Å²) in [4.78, 5) is 4.45. The minimum Gasteiger partial charge on any atom is -0.493 e. The minimum absolute atomic E-state index is 0.00560. The Morgan fingerprint density at radius 3 is 2.26 bits per heavy atom. The lowest BCUT2D eigenvalue weighted by atomic mass is 10.0. The third kappa shape index (κ3) is 7.74. The molecular weight excluding hydrogens is 564 g/mol. The number of anilines is 2. The monoisotopic (exact) mass is 597 g/mol. The second-order valence-corrected chi connectivity index (χ2v) is 11.9. The largest absolute Gasteiger partial charge is 0.493 e. The molecule has 42 heavy (non-hydrogen) atoms. The smallest absolute Gasteiger partial charge is 0.176 e. The molecule has 0 aliphatic heterocycles. The molecular formula is C31H33F2N3O5S. The Balaban J connectivity index is 1.77. The summed E-state index contributed by atoms with van der Waals surface area (Å²) in [6, 6.07) is 18.1. The van der Waals surface area contributed by atoms with Crippen LogP contribution in [0.25, 0.3) is 0 Å². The number of hydrogen-bond acceptors (Lipinski definition) is 8. The number of aromatic nitrogens is 1. The van der Waals surface area contributed by atoms with Gasteiger partial charge in [0.1, 0.15) is 21.5 Å². The number of halogens is 2. The van der Waals surface area contributed by atoms with Crippen molar-refractivity contribution >= 4 is 21.3 Å². The zero-order valence-electron chi connectivity index (χ0n) is 23.6. The Morgan fingerprint density at radius 2 is 1.64 bits per heavy atom. The van der Waals surface area contributed by atoms with Crippen LogP contribution in [-0.2, 0) is 22.8 Å². The van der Waals surface area contributed by atoms with Crippen molar-refractivity contribution in [3.05, 3.63) is 113 Å². The molecule has 0 spiro atoms. The number of benzene rings is 3. The number of sulfone groups is 1. The maximum Gasteiger partial charge on any atom is 0.176 e. The molecule has 0 fully saturated rings. The number of nitrogens with one attached hydrogen (secondary N) is 1. The van der Waals surface area contributed by atoms with Gasteiger partial charge in [-0.1, -0.05) is 42.5 Å². The first-order valence-electron chi connectivity index (χ1n) is 13.3. The molecule has 0 aliphatic carbocycles. The summed E-state index contributed by atoms with van der Waals surface area (Å²) in [7, 11) is -2.12. The van der Waals surface area contributed by atoms with E-state index >= 15 is 0 Å². The summed E-state index contributed by atoms with van der Waals surface area (Å²) >= 11 is 0. The predicted molar refractivity (Wildman–Crippen MR) is 158 cm³/mol. The molecule has 8 nitrogen and oxygen atoms in total. The fraction of sp³-hybridized carbons (Fsp3) is 0.258. The van der Waals surface area contributed by atoms with E-state index in [4.69, 9.17) is 9.47 Å². The third-order valence-electron chi connectivity index (χ3n) is 6.55. The van der Waals surface area contributed by atoms with Crippen LogP contribution in [0.3, 0.4) is 0 Å². The second-order valence-electron chi connectivity index (χ2n) is 9.72. The Kier molecular flexibility index (Phi) is 9.97. The first-order chi connectivity index (χ1) is 20.1. The Morgan fingerprint density at radius 1 is 0.976 bits per heavy atom. The first-order valence-corrected chi connectivity index (χ1v) is 15.3. The zero-order valence-corrected chi connectivity index (χ0v) is 24.4. The van der Waals surface area contributed by atoms with Gasteiger partial charge >= 0.3 is 0 Å². The fourth-order valence-corrected chi connectivity index (χ4v) is 5.42. The standard InChI is InChI=1S/C31H33F2N3O5S/c1-4-41-30-17-23(13-14-29(30)40-2)28(20-42(3,38)39)36(37)31-27(34-19-24-10-6-8-12-26(24)33)16-21(18-35-31)15-22-9-5-7-11-25(22)32/h5-14,16-18,28,34,37H,4,15,19-20H2,1-3H3/t28-/m1/s1. The molecule has 11 heteroatoms. The average molecular weight is 598 g/mol. The van der Waals surface area contributed by atoms with Crippen molar-refractivity contribution in [1.82, 2.24) is 4.98 Å². The van der Waals surface area contributed by atoms with Crippen LogP contribution < -0.4 is 19.9 Å². The van der Waals surface area contributed by atoms with Gasteiger partial charge in [0.25, 0.3) is 0 Å². The second kappa shape index (κ2) is 13.6. The minimum atomic E-state index is -3.61. The number of pyridine rings is 1. The lowest BCUT2D eigenvalue weighted by molar-refractivity contribution is 0.221. The van der Waals surface area contributed by atoms with Gasteiger partial charge in [-0.15, -0.1) is 0 Å². The highest BCUT2D eigenvalue weighted by atomic mass is 32.2. The van der Waals surface area contributed by atoms with Crippen molar-refractivity contribution in [2.75, 3.05) is 36.1 Å². The van der Waals surface area contributed by atoms with Gasteiger partial charge in [0.2, 0.25) is 0 Å². The lowest BCUT2D eigenvalue weighted by Crippen LogP contribution is -2.32. The predicted octanol–water partition coefficient (Wildman–Crippen LogP) is 5.95. The van der Waals surface area contributed by atoms with E-state index in [1.165, 1.54) is 25.4 Å².